The second-order valence-electron chi connectivity index (χ2n) is 6.13. The van der Waals surface area contributed by atoms with Crippen molar-refractivity contribution in [1.82, 2.24) is 0 Å². The molecule has 0 aliphatic heterocycles. The van der Waals surface area contributed by atoms with Crippen molar-refractivity contribution in [3.8, 4) is 0 Å². The summed E-state index contributed by atoms with van der Waals surface area (Å²) >= 11 is 0. The molecule has 1 rings (SSSR count). The van der Waals surface area contributed by atoms with Gasteiger partial charge in [0, 0.05) is 0 Å². The molecule has 1 unspecified atom stereocenters. The molecule has 0 bridgehead atoms. The lowest BCUT2D eigenvalue weighted by molar-refractivity contribution is 0.163. The summed E-state index contributed by atoms with van der Waals surface area (Å²) in [4.78, 5) is 0. The van der Waals surface area contributed by atoms with Crippen LogP contribution in [0.4, 0.5) is 0 Å². The molecule has 1 aliphatic rings. The minimum Gasteiger partial charge on any atom is -0.330 e. The van der Waals surface area contributed by atoms with E-state index in [1.54, 1.807) is 0 Å². The Hall–Kier alpha value is -0.0800. The lowest BCUT2D eigenvalue weighted by Crippen LogP contribution is -2.33. The van der Waals surface area contributed by atoms with Crippen LogP contribution in [0, 0.1) is 16.7 Å². The summed E-state index contributed by atoms with van der Waals surface area (Å²) in [5.74, 6) is 0.691. The van der Waals surface area contributed by atoms with Crippen molar-refractivity contribution in [3.05, 3.63) is 0 Å². The summed E-state index contributed by atoms with van der Waals surface area (Å²) in [5.41, 5.74) is 12.7. The number of hydrogen-bond donors (Lipinski definition) is 2. The van der Waals surface area contributed by atoms with Crippen LogP contribution in [0.15, 0.2) is 0 Å². The van der Waals surface area contributed by atoms with Gasteiger partial charge in [-0.2, -0.15) is 0 Å². The van der Waals surface area contributed by atoms with Gasteiger partial charge in [-0.1, -0.05) is 27.2 Å². The zero-order valence-electron chi connectivity index (χ0n) is 10.7. The molecule has 0 aromatic rings. The van der Waals surface area contributed by atoms with E-state index in [1.807, 2.05) is 0 Å². The molecule has 1 fully saturated rings. The Balaban J connectivity index is 2.83. The summed E-state index contributed by atoms with van der Waals surface area (Å²) in [6, 6.07) is 0. The van der Waals surface area contributed by atoms with Gasteiger partial charge in [0.25, 0.3) is 0 Å². The summed E-state index contributed by atoms with van der Waals surface area (Å²) in [6.45, 7) is 8.68. The maximum absolute atomic E-state index is 5.95. The Labute approximate surface area is 94.8 Å². The summed E-state index contributed by atoms with van der Waals surface area (Å²) in [6.07, 6.45) is 6.31. The molecule has 0 amide bonds. The average molecular weight is 212 g/mol. The minimum absolute atomic E-state index is 0.446. The van der Waals surface area contributed by atoms with E-state index in [9.17, 15) is 0 Å². The second kappa shape index (κ2) is 4.84. The predicted octanol–water partition coefficient (Wildman–Crippen LogP) is 2.52. The maximum Gasteiger partial charge on any atom is -0.00433 e. The highest BCUT2D eigenvalue weighted by atomic mass is 14.7. The Morgan fingerprint density at radius 1 is 1.20 bits per heavy atom. The molecule has 0 aromatic heterocycles. The van der Waals surface area contributed by atoms with Gasteiger partial charge in [0.15, 0.2) is 0 Å². The van der Waals surface area contributed by atoms with Gasteiger partial charge in [-0.3, -0.25) is 0 Å². The molecule has 4 N–H and O–H groups in total. The molecular formula is C13H28N2. The van der Waals surface area contributed by atoms with Crippen LogP contribution in [-0.4, -0.2) is 13.1 Å². The van der Waals surface area contributed by atoms with Crippen molar-refractivity contribution in [2.75, 3.05) is 13.1 Å². The largest absolute Gasteiger partial charge is 0.330 e. The smallest absolute Gasteiger partial charge is 0.00433 e. The van der Waals surface area contributed by atoms with Crippen LogP contribution in [0.25, 0.3) is 0 Å². The molecule has 1 aliphatic carbocycles. The highest BCUT2D eigenvalue weighted by molar-refractivity contribution is 4.99. The molecule has 0 heterocycles. The van der Waals surface area contributed by atoms with Crippen molar-refractivity contribution in [2.24, 2.45) is 28.2 Å². The molecule has 2 atom stereocenters. The summed E-state index contributed by atoms with van der Waals surface area (Å²) < 4.78 is 0. The fourth-order valence-electron chi connectivity index (χ4n) is 3.88. The quantitative estimate of drug-likeness (QED) is 0.735. The molecular weight excluding hydrogens is 184 g/mol. The van der Waals surface area contributed by atoms with Crippen LogP contribution in [0.2, 0.25) is 0 Å². The first-order valence-corrected chi connectivity index (χ1v) is 6.40. The van der Waals surface area contributed by atoms with E-state index in [0.29, 0.717) is 16.7 Å². The number of nitrogens with two attached hydrogens (primary N) is 2. The van der Waals surface area contributed by atoms with Gasteiger partial charge in [0.2, 0.25) is 0 Å². The van der Waals surface area contributed by atoms with Crippen molar-refractivity contribution in [1.29, 1.82) is 0 Å². The van der Waals surface area contributed by atoms with Gasteiger partial charge in [-0.25, -0.2) is 0 Å². The first-order chi connectivity index (χ1) is 6.99. The standard InChI is InChI=1S/C13H28N2/c1-4-5-13(6-7-14)10-12(2,3)8-11(13)9-15/h11H,4-10,14-15H2,1-3H3/t11-,13?/m0/s1. The Morgan fingerprint density at radius 3 is 2.33 bits per heavy atom. The molecule has 0 radical (unpaired) electrons. The molecule has 1 saturated carbocycles. The molecule has 2 heteroatoms. The van der Waals surface area contributed by atoms with E-state index in [1.165, 1.54) is 25.7 Å². The Bertz CT molecular complexity index is 193. The van der Waals surface area contributed by atoms with E-state index in [0.717, 1.165) is 19.5 Å². The van der Waals surface area contributed by atoms with Crippen molar-refractivity contribution in [3.63, 3.8) is 0 Å². The fourth-order valence-corrected chi connectivity index (χ4v) is 3.88. The van der Waals surface area contributed by atoms with Crippen LogP contribution in [-0.2, 0) is 0 Å². The SMILES string of the molecule is CCCC1(CCN)CC(C)(C)C[C@H]1CN. The lowest BCUT2D eigenvalue weighted by Gasteiger charge is -2.35. The first kappa shape index (κ1) is 13.0. The van der Waals surface area contributed by atoms with Crippen molar-refractivity contribution in [2.45, 2.75) is 52.9 Å². The highest BCUT2D eigenvalue weighted by Crippen LogP contribution is 2.56. The molecule has 0 spiro atoms. The van der Waals surface area contributed by atoms with Crippen LogP contribution in [0.5, 0.6) is 0 Å². The van der Waals surface area contributed by atoms with Crippen LogP contribution < -0.4 is 11.5 Å². The zero-order chi connectivity index (χ0) is 11.5. The third-order valence-corrected chi connectivity index (χ3v) is 4.17. The zero-order valence-corrected chi connectivity index (χ0v) is 10.7. The summed E-state index contributed by atoms with van der Waals surface area (Å²) in [7, 11) is 0. The van der Waals surface area contributed by atoms with Crippen LogP contribution >= 0.6 is 0 Å². The van der Waals surface area contributed by atoms with Crippen molar-refractivity contribution < 1.29 is 0 Å². The Morgan fingerprint density at radius 2 is 1.87 bits per heavy atom. The fraction of sp³-hybridized carbons (Fsp3) is 1.00. The third-order valence-electron chi connectivity index (χ3n) is 4.17. The normalized spacial score (nSPS) is 34.6. The van der Waals surface area contributed by atoms with E-state index < -0.39 is 0 Å². The number of rotatable bonds is 5. The van der Waals surface area contributed by atoms with Gasteiger partial charge >= 0.3 is 0 Å². The second-order valence-corrected chi connectivity index (χ2v) is 6.13. The monoisotopic (exact) mass is 212 g/mol. The topological polar surface area (TPSA) is 52.0 Å². The van der Waals surface area contributed by atoms with Crippen LogP contribution in [0.3, 0.4) is 0 Å². The van der Waals surface area contributed by atoms with E-state index in [-0.39, 0.29) is 0 Å². The van der Waals surface area contributed by atoms with Crippen molar-refractivity contribution >= 4 is 0 Å². The molecule has 0 aromatic carbocycles. The average Bonchev–Trinajstić information content (AvgIpc) is 2.38. The third kappa shape index (κ3) is 2.73. The van der Waals surface area contributed by atoms with E-state index in [2.05, 4.69) is 20.8 Å². The van der Waals surface area contributed by atoms with E-state index >= 15 is 0 Å². The maximum atomic E-state index is 5.95. The molecule has 2 nitrogen and oxygen atoms in total. The first-order valence-electron chi connectivity index (χ1n) is 6.40. The van der Waals surface area contributed by atoms with Gasteiger partial charge in [-0.15, -0.1) is 0 Å². The van der Waals surface area contributed by atoms with Gasteiger partial charge < -0.3 is 11.5 Å². The van der Waals surface area contributed by atoms with Gasteiger partial charge in [-0.05, 0) is 55.5 Å². The molecule has 15 heavy (non-hydrogen) atoms. The van der Waals surface area contributed by atoms with E-state index in [4.69, 9.17) is 11.5 Å². The Kier molecular flexibility index (Phi) is 4.19. The predicted molar refractivity (Wildman–Crippen MR) is 66.6 cm³/mol. The molecule has 0 saturated heterocycles. The number of hydrogen-bond acceptors (Lipinski definition) is 2. The molecule has 90 valence electrons. The van der Waals surface area contributed by atoms with Gasteiger partial charge in [0.05, 0.1) is 0 Å². The van der Waals surface area contributed by atoms with Gasteiger partial charge in [0.1, 0.15) is 0 Å². The summed E-state index contributed by atoms with van der Waals surface area (Å²) in [5, 5.41) is 0. The van der Waals surface area contributed by atoms with Crippen LogP contribution in [0.1, 0.15) is 52.9 Å². The minimum atomic E-state index is 0.446. The highest BCUT2D eigenvalue weighted by Gasteiger charge is 2.48. The lowest BCUT2D eigenvalue weighted by atomic mass is 9.71.